The Hall–Kier alpha value is -2.72. The van der Waals surface area contributed by atoms with Gasteiger partial charge in [0.25, 0.3) is 10.0 Å². The van der Waals surface area contributed by atoms with Gasteiger partial charge in [-0.25, -0.2) is 13.4 Å². The predicted octanol–water partition coefficient (Wildman–Crippen LogP) is 5.94. The highest BCUT2D eigenvalue weighted by atomic mass is 35.5. The summed E-state index contributed by atoms with van der Waals surface area (Å²) in [5.74, 6) is -0.166. The van der Waals surface area contributed by atoms with Crippen molar-refractivity contribution in [2.24, 2.45) is 0 Å². The molecule has 2 atom stereocenters. The van der Waals surface area contributed by atoms with E-state index in [0.717, 1.165) is 5.56 Å². The molecule has 1 fully saturated rings. The van der Waals surface area contributed by atoms with E-state index in [1.165, 1.54) is 29.7 Å². The van der Waals surface area contributed by atoms with Gasteiger partial charge in [0.05, 0.1) is 14.9 Å². The fourth-order valence-corrected chi connectivity index (χ4v) is 6.35. The molecule has 1 aliphatic rings. The number of halogens is 2. The van der Waals surface area contributed by atoms with Crippen molar-refractivity contribution in [3.05, 3.63) is 75.8 Å². The Morgan fingerprint density at radius 2 is 1.85 bits per heavy atom. The van der Waals surface area contributed by atoms with Crippen LogP contribution >= 0.6 is 34.5 Å². The molecule has 4 aromatic rings. The largest absolute Gasteiger partial charge is 0.479 e. The lowest BCUT2D eigenvalue weighted by atomic mass is 9.97. The maximum absolute atomic E-state index is 13.2. The highest BCUT2D eigenvalue weighted by molar-refractivity contribution is 7.93. The Balaban J connectivity index is 0.00000289. The number of sulfonamides is 1. The number of pyridine rings is 1. The average Bonchev–Trinajstić information content (AvgIpc) is 3.46. The first-order valence-electron chi connectivity index (χ1n) is 10.3. The first-order chi connectivity index (χ1) is 16.3. The molecule has 2 heterocycles. The summed E-state index contributed by atoms with van der Waals surface area (Å²) in [5.41, 5.74) is 1.23. The minimum atomic E-state index is -3.76. The van der Waals surface area contributed by atoms with E-state index in [-0.39, 0.29) is 22.3 Å². The third-order valence-electron chi connectivity index (χ3n) is 5.64. The van der Waals surface area contributed by atoms with Crippen LogP contribution < -0.4 is 9.46 Å². The molecule has 1 N–H and O–H groups in total. The van der Waals surface area contributed by atoms with Crippen molar-refractivity contribution >= 4 is 66.4 Å². The molecule has 2 aromatic heterocycles. The van der Waals surface area contributed by atoms with E-state index >= 15 is 0 Å². The van der Waals surface area contributed by atoms with Gasteiger partial charge in [0.1, 0.15) is 5.52 Å². The van der Waals surface area contributed by atoms with Gasteiger partial charge in [0, 0.05) is 30.5 Å². The number of ether oxygens (including phenoxy) is 1. The van der Waals surface area contributed by atoms with Gasteiger partial charge in [-0.3, -0.25) is 14.5 Å². The Bertz CT molecular complexity index is 1480. The van der Waals surface area contributed by atoms with Crippen LogP contribution in [0, 0.1) is 0 Å². The van der Waals surface area contributed by atoms with Gasteiger partial charge in [-0.15, -0.1) is 11.3 Å². The highest BCUT2D eigenvalue weighted by Crippen LogP contribution is 2.40. The molecule has 1 aliphatic carbocycles. The molecule has 11 heteroatoms. The monoisotopic (exact) mass is 535 g/mol. The summed E-state index contributed by atoms with van der Waals surface area (Å²) in [7, 11) is -3.76. The molecule has 0 radical (unpaired) electrons. The summed E-state index contributed by atoms with van der Waals surface area (Å²) in [6, 6.07) is 11.4. The number of aromatic nitrogens is 2. The number of carbonyl (C=O) groups is 1. The molecular weight excluding hydrogens is 517 g/mol. The Kier molecular flexibility index (Phi) is 6.20. The molecule has 7 nitrogen and oxygen atoms in total. The van der Waals surface area contributed by atoms with Crippen molar-refractivity contribution in [3.63, 3.8) is 0 Å². The van der Waals surface area contributed by atoms with Crippen LogP contribution in [0.25, 0.3) is 10.9 Å². The maximum atomic E-state index is 13.2. The van der Waals surface area contributed by atoms with Crippen molar-refractivity contribution in [2.75, 3.05) is 4.72 Å². The third-order valence-corrected chi connectivity index (χ3v) is 8.40. The number of anilines is 1. The SMILES string of the molecule is O=C1C(Oc2c(Cl)cc(Cl)c3cccnc23)CCC1c1ccc(S(=O)(=O)Nc2nccs2)cc1.[HH]. The van der Waals surface area contributed by atoms with Crippen LogP contribution in [-0.4, -0.2) is 30.3 Å². The van der Waals surface area contributed by atoms with Crippen LogP contribution in [0.3, 0.4) is 0 Å². The van der Waals surface area contributed by atoms with E-state index in [0.29, 0.717) is 34.5 Å². The number of rotatable bonds is 6. The number of benzene rings is 2. The van der Waals surface area contributed by atoms with Crippen LogP contribution in [0.4, 0.5) is 5.13 Å². The smallest absolute Gasteiger partial charge is 0.263 e. The molecule has 0 bridgehead atoms. The number of hydrogen-bond donors (Lipinski definition) is 1. The van der Waals surface area contributed by atoms with E-state index in [1.54, 1.807) is 35.8 Å². The van der Waals surface area contributed by atoms with Crippen LogP contribution in [0.2, 0.25) is 10.0 Å². The fraction of sp³-hybridized carbons (Fsp3) is 0.174. The number of fused-ring (bicyclic) bond motifs is 1. The predicted molar refractivity (Wildman–Crippen MR) is 135 cm³/mol. The fourth-order valence-electron chi connectivity index (χ4n) is 4.00. The van der Waals surface area contributed by atoms with E-state index < -0.39 is 22.0 Å². The Morgan fingerprint density at radius 3 is 2.59 bits per heavy atom. The second-order valence-electron chi connectivity index (χ2n) is 7.72. The molecule has 34 heavy (non-hydrogen) atoms. The normalized spacial score (nSPS) is 18.4. The van der Waals surface area contributed by atoms with Crippen LogP contribution in [0.1, 0.15) is 25.7 Å². The topological polar surface area (TPSA) is 98.2 Å². The molecule has 2 unspecified atom stereocenters. The van der Waals surface area contributed by atoms with Gasteiger partial charge < -0.3 is 4.74 Å². The minimum absolute atomic E-state index is 0. The first kappa shape index (κ1) is 23.0. The summed E-state index contributed by atoms with van der Waals surface area (Å²) in [6.45, 7) is 0. The van der Waals surface area contributed by atoms with Gasteiger partial charge in [0.2, 0.25) is 0 Å². The van der Waals surface area contributed by atoms with Crippen molar-refractivity contribution in [1.82, 2.24) is 9.97 Å². The van der Waals surface area contributed by atoms with Crippen LogP contribution in [0.15, 0.2) is 65.1 Å². The van der Waals surface area contributed by atoms with E-state index in [1.807, 2.05) is 6.07 Å². The van der Waals surface area contributed by atoms with Crippen LogP contribution in [-0.2, 0) is 14.8 Å². The van der Waals surface area contributed by atoms with Gasteiger partial charge in [0.15, 0.2) is 22.8 Å². The highest BCUT2D eigenvalue weighted by Gasteiger charge is 2.37. The summed E-state index contributed by atoms with van der Waals surface area (Å²) < 4.78 is 33.6. The number of nitrogens with zero attached hydrogens (tertiary/aromatic N) is 2. The number of carbonyl (C=O) groups excluding carboxylic acids is 1. The van der Waals surface area contributed by atoms with E-state index in [4.69, 9.17) is 27.9 Å². The standard InChI is InChI=1S/C23H17Cl2N3O4S2.H2/c24-17-12-18(25)22(20-16(17)2-1-9-26-20)32-19-8-7-15(21(19)29)13-3-5-14(6-4-13)34(30,31)28-23-27-10-11-33-23;/h1-6,9-12,15,19H,7-8H2,(H,27,28);1H. The molecule has 176 valence electrons. The second-order valence-corrected chi connectivity index (χ2v) is 11.1. The van der Waals surface area contributed by atoms with Gasteiger partial charge >= 0.3 is 0 Å². The van der Waals surface area contributed by atoms with Gasteiger partial charge in [-0.1, -0.05) is 35.3 Å². The van der Waals surface area contributed by atoms with Gasteiger partial charge in [-0.2, -0.15) is 0 Å². The zero-order valence-corrected chi connectivity index (χ0v) is 20.6. The zero-order valence-electron chi connectivity index (χ0n) is 17.4. The third kappa shape index (κ3) is 4.36. The quantitative estimate of drug-likeness (QED) is 0.328. The number of Topliss-reactive ketones (excluding diaryl/α,β-unsaturated/α-hetero) is 1. The summed E-state index contributed by atoms with van der Waals surface area (Å²) in [6.07, 6.45) is 3.52. The summed E-state index contributed by atoms with van der Waals surface area (Å²) in [4.78, 5) is 21.5. The minimum Gasteiger partial charge on any atom is -0.479 e. The number of thiazole rings is 1. The van der Waals surface area contributed by atoms with Crippen molar-refractivity contribution in [2.45, 2.75) is 29.8 Å². The molecular formula is C23H19Cl2N3O4S2. The molecule has 5 rings (SSSR count). The Morgan fingerprint density at radius 1 is 1.06 bits per heavy atom. The molecule has 1 saturated carbocycles. The molecule has 0 aliphatic heterocycles. The summed E-state index contributed by atoms with van der Waals surface area (Å²) in [5, 5.41) is 3.40. The van der Waals surface area contributed by atoms with Gasteiger partial charge in [-0.05, 0) is 48.7 Å². The average molecular weight is 536 g/mol. The van der Waals surface area contributed by atoms with Crippen LogP contribution in [0.5, 0.6) is 5.75 Å². The molecule has 0 spiro atoms. The summed E-state index contributed by atoms with van der Waals surface area (Å²) >= 11 is 13.8. The second kappa shape index (κ2) is 9.14. The lowest BCUT2D eigenvalue weighted by Crippen LogP contribution is -2.24. The van der Waals surface area contributed by atoms with E-state index in [9.17, 15) is 13.2 Å². The van der Waals surface area contributed by atoms with Crippen molar-refractivity contribution in [3.8, 4) is 5.75 Å². The maximum Gasteiger partial charge on any atom is 0.263 e. The molecule has 2 aromatic carbocycles. The lowest BCUT2D eigenvalue weighted by molar-refractivity contribution is -0.124. The van der Waals surface area contributed by atoms with E-state index in [2.05, 4.69) is 14.7 Å². The number of hydrogen-bond acceptors (Lipinski definition) is 7. The van der Waals surface area contributed by atoms with Crippen molar-refractivity contribution in [1.29, 1.82) is 0 Å². The first-order valence-corrected chi connectivity index (χ1v) is 13.4. The Labute approximate surface area is 211 Å². The zero-order chi connectivity index (χ0) is 23.9. The lowest BCUT2D eigenvalue weighted by Gasteiger charge is -2.17. The molecule has 0 saturated heterocycles. The molecule has 0 amide bonds. The van der Waals surface area contributed by atoms with Crippen molar-refractivity contribution < 1.29 is 19.4 Å². The number of ketones is 1. The number of nitrogens with one attached hydrogen (secondary N) is 1.